The Bertz CT molecular complexity index is 1080. The number of carbonyl (C=O) groups is 2. The third kappa shape index (κ3) is 4.85. The van der Waals surface area contributed by atoms with Gasteiger partial charge in [0.15, 0.2) is 22.3 Å². The minimum Gasteiger partial charge on any atom is -0.452 e. The van der Waals surface area contributed by atoms with E-state index >= 15 is 0 Å². The molecule has 2 aliphatic rings. The van der Waals surface area contributed by atoms with E-state index in [1.54, 1.807) is 30.2 Å². The van der Waals surface area contributed by atoms with Gasteiger partial charge in [-0.15, -0.1) is 0 Å². The highest BCUT2D eigenvalue weighted by Gasteiger charge is 2.38. The second kappa shape index (κ2) is 9.40. The Kier molecular flexibility index (Phi) is 6.59. The molecule has 9 nitrogen and oxygen atoms in total. The zero-order valence-electron chi connectivity index (χ0n) is 18.1. The minimum absolute atomic E-state index is 0.00175. The highest BCUT2D eigenvalue weighted by molar-refractivity contribution is 7.91. The molecule has 1 saturated carbocycles. The van der Waals surface area contributed by atoms with Gasteiger partial charge in [-0.1, -0.05) is 25.3 Å². The van der Waals surface area contributed by atoms with Crippen LogP contribution in [0.3, 0.4) is 0 Å². The number of aromatic nitrogens is 3. The van der Waals surface area contributed by atoms with E-state index in [1.165, 1.54) is 10.9 Å². The lowest BCUT2D eigenvalue weighted by Crippen LogP contribution is -2.50. The molecule has 1 saturated heterocycles. The van der Waals surface area contributed by atoms with Crippen molar-refractivity contribution in [1.82, 2.24) is 19.7 Å². The molecule has 0 aromatic carbocycles. The first-order valence-corrected chi connectivity index (χ1v) is 12.8. The molecule has 0 radical (unpaired) electrons. The van der Waals surface area contributed by atoms with Gasteiger partial charge in [-0.25, -0.2) is 22.9 Å². The lowest BCUT2D eigenvalue weighted by molar-refractivity contribution is -0.140. The van der Waals surface area contributed by atoms with Crippen molar-refractivity contribution >= 4 is 21.7 Å². The van der Waals surface area contributed by atoms with Crippen molar-refractivity contribution in [3.8, 4) is 5.82 Å². The van der Waals surface area contributed by atoms with Crippen LogP contribution in [0.2, 0.25) is 0 Å². The molecule has 2 aromatic rings. The molecule has 1 aliphatic heterocycles. The summed E-state index contributed by atoms with van der Waals surface area (Å²) in [6.45, 7) is 1.32. The van der Waals surface area contributed by atoms with Crippen LogP contribution in [-0.4, -0.2) is 70.2 Å². The largest absolute Gasteiger partial charge is 0.452 e. The summed E-state index contributed by atoms with van der Waals surface area (Å²) in [5.41, 5.74) is 0.822. The highest BCUT2D eigenvalue weighted by atomic mass is 32.2. The molecular formula is C22H28N4O5S. The van der Waals surface area contributed by atoms with Gasteiger partial charge < -0.3 is 9.64 Å². The fourth-order valence-electron chi connectivity index (χ4n) is 4.66. The smallest absolute Gasteiger partial charge is 0.342 e. The van der Waals surface area contributed by atoms with Crippen LogP contribution < -0.4 is 0 Å². The van der Waals surface area contributed by atoms with Crippen molar-refractivity contribution in [2.45, 2.75) is 57.5 Å². The number of rotatable bonds is 6. The summed E-state index contributed by atoms with van der Waals surface area (Å²) in [5, 5.41) is 4.21. The molecule has 0 N–H and O–H groups in total. The lowest BCUT2D eigenvalue weighted by atomic mass is 9.93. The second-order valence-corrected chi connectivity index (χ2v) is 10.7. The van der Waals surface area contributed by atoms with Crippen LogP contribution in [0.4, 0.5) is 0 Å². The fraction of sp³-hybridized carbons (Fsp3) is 0.545. The summed E-state index contributed by atoms with van der Waals surface area (Å²) in [7, 11) is -3.13. The van der Waals surface area contributed by atoms with Gasteiger partial charge in [-0.05, 0) is 38.3 Å². The Morgan fingerprint density at radius 3 is 2.59 bits per heavy atom. The standard InChI is InChI=1S/C22H28N4O5S/c1-16-19(13-24-26(16)20-9-5-6-11-23-20)22(28)31-14-21(27)25(17-7-3-2-4-8-17)18-10-12-32(29,30)15-18/h5-6,9,11,13,17-18H,2-4,7-8,10,12,14-15H2,1H3. The van der Waals surface area contributed by atoms with Crippen LogP contribution in [0.15, 0.2) is 30.6 Å². The summed E-state index contributed by atoms with van der Waals surface area (Å²) in [6, 6.07) is 5.04. The molecule has 1 unspecified atom stereocenters. The zero-order valence-corrected chi connectivity index (χ0v) is 19.0. The van der Waals surface area contributed by atoms with E-state index in [4.69, 9.17) is 4.74 Å². The van der Waals surface area contributed by atoms with Crippen LogP contribution in [0.1, 0.15) is 54.6 Å². The van der Waals surface area contributed by atoms with Crippen molar-refractivity contribution < 1.29 is 22.7 Å². The highest BCUT2D eigenvalue weighted by Crippen LogP contribution is 2.28. The second-order valence-electron chi connectivity index (χ2n) is 8.47. The van der Waals surface area contributed by atoms with Crippen LogP contribution in [-0.2, 0) is 19.4 Å². The number of nitrogens with zero attached hydrogens (tertiary/aromatic N) is 4. The Labute approximate surface area is 187 Å². The predicted octanol–water partition coefficient (Wildman–Crippen LogP) is 2.08. The maximum atomic E-state index is 13.1. The van der Waals surface area contributed by atoms with Crippen molar-refractivity contribution in [3.63, 3.8) is 0 Å². The monoisotopic (exact) mass is 460 g/mol. The average Bonchev–Trinajstić information content (AvgIpc) is 3.35. The molecule has 1 aliphatic carbocycles. The van der Waals surface area contributed by atoms with Gasteiger partial charge in [0.05, 0.1) is 23.4 Å². The molecule has 32 heavy (non-hydrogen) atoms. The molecule has 2 aromatic heterocycles. The molecule has 1 amide bonds. The van der Waals surface area contributed by atoms with Crippen LogP contribution >= 0.6 is 0 Å². The molecule has 172 valence electrons. The maximum absolute atomic E-state index is 13.1. The maximum Gasteiger partial charge on any atom is 0.342 e. The number of esters is 1. The number of hydrogen-bond donors (Lipinski definition) is 0. The van der Waals surface area contributed by atoms with Gasteiger partial charge >= 0.3 is 5.97 Å². The topological polar surface area (TPSA) is 111 Å². The SMILES string of the molecule is Cc1c(C(=O)OCC(=O)N(C2CCCCC2)C2CCS(=O)(=O)C2)cnn1-c1ccccn1. The number of carbonyl (C=O) groups excluding carboxylic acids is 2. The molecule has 2 fully saturated rings. The molecule has 3 heterocycles. The van der Waals surface area contributed by atoms with E-state index in [0.29, 0.717) is 17.9 Å². The van der Waals surface area contributed by atoms with Gasteiger partial charge in [0.1, 0.15) is 5.56 Å². The summed E-state index contributed by atoms with van der Waals surface area (Å²) < 4.78 is 30.9. The van der Waals surface area contributed by atoms with Crippen LogP contribution in [0.5, 0.6) is 0 Å². The van der Waals surface area contributed by atoms with E-state index in [2.05, 4.69) is 10.1 Å². The third-order valence-electron chi connectivity index (χ3n) is 6.28. The molecular weight excluding hydrogens is 432 g/mol. The summed E-state index contributed by atoms with van der Waals surface area (Å²) in [4.78, 5) is 31.7. The van der Waals surface area contributed by atoms with E-state index in [-0.39, 0.29) is 35.1 Å². The van der Waals surface area contributed by atoms with E-state index in [1.807, 2.05) is 6.07 Å². The third-order valence-corrected chi connectivity index (χ3v) is 8.03. The van der Waals surface area contributed by atoms with Gasteiger partial charge in [0, 0.05) is 18.3 Å². The van der Waals surface area contributed by atoms with Gasteiger partial charge in [0.2, 0.25) is 0 Å². The van der Waals surface area contributed by atoms with Gasteiger partial charge in [0.25, 0.3) is 5.91 Å². The fourth-order valence-corrected chi connectivity index (χ4v) is 6.37. The molecule has 1 atom stereocenters. The van der Waals surface area contributed by atoms with Crippen molar-refractivity contribution in [2.24, 2.45) is 0 Å². The van der Waals surface area contributed by atoms with Crippen molar-refractivity contribution in [1.29, 1.82) is 0 Å². The summed E-state index contributed by atoms with van der Waals surface area (Å²) in [5.74, 6) is -0.312. The molecule has 0 spiro atoms. The average molecular weight is 461 g/mol. The quantitative estimate of drug-likeness (QED) is 0.607. The predicted molar refractivity (Wildman–Crippen MR) is 117 cm³/mol. The normalized spacial score (nSPS) is 20.7. The first kappa shape index (κ1) is 22.4. The zero-order chi connectivity index (χ0) is 22.7. The Hall–Kier alpha value is -2.75. The van der Waals surface area contributed by atoms with E-state index in [0.717, 1.165) is 32.1 Å². The Morgan fingerprint density at radius 1 is 1.16 bits per heavy atom. The lowest BCUT2D eigenvalue weighted by Gasteiger charge is -2.38. The van der Waals surface area contributed by atoms with Crippen molar-refractivity contribution in [2.75, 3.05) is 18.1 Å². The molecule has 10 heteroatoms. The Balaban J connectivity index is 1.45. The van der Waals surface area contributed by atoms with Gasteiger partial charge in [-0.2, -0.15) is 5.10 Å². The Morgan fingerprint density at radius 2 is 1.94 bits per heavy atom. The number of hydrogen-bond acceptors (Lipinski definition) is 7. The number of pyridine rings is 1. The number of amides is 1. The minimum atomic E-state index is -3.13. The van der Waals surface area contributed by atoms with E-state index in [9.17, 15) is 18.0 Å². The van der Waals surface area contributed by atoms with Crippen LogP contribution in [0, 0.1) is 6.92 Å². The van der Waals surface area contributed by atoms with E-state index < -0.39 is 22.4 Å². The molecule has 0 bridgehead atoms. The number of sulfone groups is 1. The van der Waals surface area contributed by atoms with Crippen molar-refractivity contribution in [3.05, 3.63) is 41.9 Å². The summed E-state index contributed by atoms with van der Waals surface area (Å²) in [6.07, 6.45) is 8.33. The first-order valence-electron chi connectivity index (χ1n) is 11.0. The molecule has 4 rings (SSSR count). The van der Waals surface area contributed by atoms with Crippen LogP contribution in [0.25, 0.3) is 5.82 Å². The first-order chi connectivity index (χ1) is 15.4. The number of ether oxygens (including phenoxy) is 1. The summed E-state index contributed by atoms with van der Waals surface area (Å²) >= 11 is 0. The van der Waals surface area contributed by atoms with Gasteiger partial charge in [-0.3, -0.25) is 4.79 Å².